The summed E-state index contributed by atoms with van der Waals surface area (Å²) in [5.41, 5.74) is 1.21. The van der Waals surface area contributed by atoms with Crippen LogP contribution in [0.15, 0.2) is 51.7 Å². The fourth-order valence-electron chi connectivity index (χ4n) is 2.41. The van der Waals surface area contributed by atoms with Gasteiger partial charge >= 0.3 is 5.97 Å². The average Bonchev–Trinajstić information content (AvgIpc) is 2.53. The number of hydrogen-bond donors (Lipinski definition) is 1. The molecule has 1 aromatic carbocycles. The minimum Gasteiger partial charge on any atom is -0.477 e. The standard InChI is InChI=1S/C16H8N2O4/c19-11-7-13-15(17-9-3-1-2-4-12(9)22-13)8-5-6-10(16(20)21)18-14(8)11/h1-7H,(H,20,21). The zero-order valence-corrected chi connectivity index (χ0v) is 11.1. The van der Waals surface area contributed by atoms with Gasteiger partial charge in [-0.2, -0.15) is 0 Å². The summed E-state index contributed by atoms with van der Waals surface area (Å²) in [6.07, 6.45) is 0. The number of para-hydroxylation sites is 2. The Morgan fingerprint density at radius 1 is 1.09 bits per heavy atom. The van der Waals surface area contributed by atoms with Crippen LogP contribution < -0.4 is 5.43 Å². The van der Waals surface area contributed by atoms with Crippen molar-refractivity contribution in [1.82, 2.24) is 9.97 Å². The first-order valence-electron chi connectivity index (χ1n) is 6.50. The molecule has 22 heavy (non-hydrogen) atoms. The number of nitrogens with zero attached hydrogens (tertiary/aromatic N) is 2. The Kier molecular flexibility index (Phi) is 2.47. The maximum absolute atomic E-state index is 12.2. The van der Waals surface area contributed by atoms with Gasteiger partial charge in [-0.05, 0) is 24.3 Å². The molecule has 6 nitrogen and oxygen atoms in total. The van der Waals surface area contributed by atoms with Gasteiger partial charge in [0.25, 0.3) is 0 Å². The Balaban J connectivity index is 2.18. The van der Waals surface area contributed by atoms with Gasteiger partial charge in [0, 0.05) is 11.5 Å². The van der Waals surface area contributed by atoms with E-state index in [0.29, 0.717) is 27.9 Å². The SMILES string of the molecule is O=C(O)c1ccc2c3nc4ccccc4oc-3cc(=O)c2n1. The Bertz CT molecular complexity index is 1080. The molecule has 0 radical (unpaired) electrons. The fraction of sp³-hybridized carbons (Fsp3) is 0. The van der Waals surface area contributed by atoms with E-state index in [0.717, 1.165) is 0 Å². The predicted molar refractivity (Wildman–Crippen MR) is 79.2 cm³/mol. The van der Waals surface area contributed by atoms with E-state index in [-0.39, 0.29) is 11.2 Å². The highest BCUT2D eigenvalue weighted by Crippen LogP contribution is 2.29. The molecule has 0 atom stereocenters. The molecule has 1 N–H and O–H groups in total. The molecule has 2 heterocycles. The lowest BCUT2D eigenvalue weighted by atomic mass is 10.1. The third kappa shape index (κ3) is 1.74. The maximum Gasteiger partial charge on any atom is 0.354 e. The summed E-state index contributed by atoms with van der Waals surface area (Å²) in [4.78, 5) is 31.6. The Morgan fingerprint density at radius 3 is 2.73 bits per heavy atom. The van der Waals surface area contributed by atoms with Crippen LogP contribution in [0.1, 0.15) is 10.5 Å². The van der Waals surface area contributed by atoms with E-state index in [1.807, 2.05) is 12.1 Å². The van der Waals surface area contributed by atoms with Crippen molar-refractivity contribution < 1.29 is 14.3 Å². The molecular formula is C16H8N2O4. The van der Waals surface area contributed by atoms with Gasteiger partial charge in [-0.3, -0.25) is 4.79 Å². The summed E-state index contributed by atoms with van der Waals surface area (Å²) in [5.74, 6) is -0.835. The van der Waals surface area contributed by atoms with E-state index in [2.05, 4.69) is 9.97 Å². The lowest BCUT2D eigenvalue weighted by Gasteiger charge is -2.08. The van der Waals surface area contributed by atoms with Crippen LogP contribution in [0.2, 0.25) is 0 Å². The first-order chi connectivity index (χ1) is 10.6. The van der Waals surface area contributed by atoms with E-state index in [9.17, 15) is 9.59 Å². The van der Waals surface area contributed by atoms with Crippen LogP contribution in [0.25, 0.3) is 33.5 Å². The second-order valence-corrected chi connectivity index (χ2v) is 4.80. The molecule has 6 heteroatoms. The molecule has 1 aliphatic heterocycles. The molecule has 1 aliphatic carbocycles. The van der Waals surface area contributed by atoms with Crippen molar-refractivity contribution in [1.29, 1.82) is 0 Å². The number of carbonyl (C=O) groups is 1. The monoisotopic (exact) mass is 292 g/mol. The number of rotatable bonds is 1. The fourth-order valence-corrected chi connectivity index (χ4v) is 2.41. The summed E-state index contributed by atoms with van der Waals surface area (Å²) >= 11 is 0. The number of aromatic carboxylic acids is 1. The number of pyridine rings is 1. The molecule has 2 aliphatic rings. The van der Waals surface area contributed by atoms with Gasteiger partial charge < -0.3 is 9.52 Å². The smallest absolute Gasteiger partial charge is 0.354 e. The van der Waals surface area contributed by atoms with Crippen molar-refractivity contribution in [3.05, 3.63) is 58.4 Å². The molecule has 0 saturated carbocycles. The Hall–Kier alpha value is -3.28. The first kappa shape index (κ1) is 12.5. The van der Waals surface area contributed by atoms with Gasteiger partial charge in [-0.25, -0.2) is 14.8 Å². The molecule has 0 amide bonds. The molecule has 106 valence electrons. The summed E-state index contributed by atoms with van der Waals surface area (Å²) in [7, 11) is 0. The zero-order chi connectivity index (χ0) is 15.3. The van der Waals surface area contributed by atoms with E-state index in [1.54, 1.807) is 12.1 Å². The molecule has 4 rings (SSSR count). The minimum absolute atomic E-state index is 0.0744. The van der Waals surface area contributed by atoms with Gasteiger partial charge in [0.2, 0.25) is 5.43 Å². The van der Waals surface area contributed by atoms with Crippen LogP contribution in [0.5, 0.6) is 0 Å². The van der Waals surface area contributed by atoms with Gasteiger partial charge in [0.05, 0.1) is 0 Å². The van der Waals surface area contributed by atoms with E-state index >= 15 is 0 Å². The third-order valence-electron chi connectivity index (χ3n) is 3.42. The number of carboxylic acid groups (broad SMARTS) is 1. The number of benzene rings is 2. The van der Waals surface area contributed by atoms with Crippen LogP contribution in [0, 0.1) is 0 Å². The highest BCUT2D eigenvalue weighted by atomic mass is 16.4. The summed E-state index contributed by atoms with van der Waals surface area (Å²) in [6.45, 7) is 0. The van der Waals surface area contributed by atoms with E-state index in [4.69, 9.17) is 9.52 Å². The second kappa shape index (κ2) is 4.36. The Morgan fingerprint density at radius 2 is 1.91 bits per heavy atom. The maximum atomic E-state index is 12.2. The summed E-state index contributed by atoms with van der Waals surface area (Å²) in [5, 5.41) is 9.47. The summed E-state index contributed by atoms with van der Waals surface area (Å²) in [6, 6.07) is 11.4. The number of carboxylic acids is 1. The van der Waals surface area contributed by atoms with Crippen LogP contribution in [-0.4, -0.2) is 21.0 Å². The van der Waals surface area contributed by atoms with E-state index < -0.39 is 11.4 Å². The largest absolute Gasteiger partial charge is 0.477 e. The molecule has 0 spiro atoms. The van der Waals surface area contributed by atoms with Crippen LogP contribution >= 0.6 is 0 Å². The Labute approximate surface area is 123 Å². The molecule has 0 fully saturated rings. The van der Waals surface area contributed by atoms with Gasteiger partial charge in [-0.15, -0.1) is 0 Å². The van der Waals surface area contributed by atoms with Crippen molar-refractivity contribution >= 4 is 28.0 Å². The molecule has 1 aromatic heterocycles. The number of aromatic nitrogens is 2. The topological polar surface area (TPSA) is 93.3 Å². The van der Waals surface area contributed by atoms with Crippen molar-refractivity contribution in [3.8, 4) is 11.5 Å². The highest BCUT2D eigenvalue weighted by Gasteiger charge is 2.17. The van der Waals surface area contributed by atoms with Crippen LogP contribution in [0.4, 0.5) is 0 Å². The van der Waals surface area contributed by atoms with Crippen molar-refractivity contribution in [3.63, 3.8) is 0 Å². The quantitative estimate of drug-likeness (QED) is 0.428. The van der Waals surface area contributed by atoms with E-state index in [1.165, 1.54) is 18.2 Å². The second-order valence-electron chi connectivity index (χ2n) is 4.80. The van der Waals surface area contributed by atoms with Crippen molar-refractivity contribution in [2.24, 2.45) is 0 Å². The number of hydrogen-bond acceptors (Lipinski definition) is 5. The molecule has 2 aromatic rings. The normalized spacial score (nSPS) is 11.3. The molecule has 0 unspecified atom stereocenters. The number of fused-ring (bicyclic) bond motifs is 4. The van der Waals surface area contributed by atoms with Gasteiger partial charge in [0.15, 0.2) is 11.3 Å². The van der Waals surface area contributed by atoms with Crippen molar-refractivity contribution in [2.45, 2.75) is 0 Å². The molecule has 0 saturated heterocycles. The van der Waals surface area contributed by atoms with Crippen molar-refractivity contribution in [2.75, 3.05) is 0 Å². The highest BCUT2D eigenvalue weighted by molar-refractivity contribution is 5.97. The minimum atomic E-state index is -1.18. The lowest BCUT2D eigenvalue weighted by molar-refractivity contribution is 0.0691. The molecular weight excluding hydrogens is 284 g/mol. The van der Waals surface area contributed by atoms with Crippen LogP contribution in [0.3, 0.4) is 0 Å². The average molecular weight is 292 g/mol. The first-order valence-corrected chi connectivity index (χ1v) is 6.50. The zero-order valence-electron chi connectivity index (χ0n) is 11.1. The summed E-state index contributed by atoms with van der Waals surface area (Å²) < 4.78 is 5.71. The lowest BCUT2D eigenvalue weighted by Crippen LogP contribution is -2.09. The predicted octanol–water partition coefficient (Wildman–Crippen LogP) is 2.54. The van der Waals surface area contributed by atoms with Crippen LogP contribution in [-0.2, 0) is 0 Å². The molecule has 0 bridgehead atoms. The van der Waals surface area contributed by atoms with Gasteiger partial charge in [-0.1, -0.05) is 12.1 Å². The third-order valence-corrected chi connectivity index (χ3v) is 3.42. The van der Waals surface area contributed by atoms with Gasteiger partial charge in [0.1, 0.15) is 22.4 Å².